The van der Waals surface area contributed by atoms with Crippen LogP contribution in [0.15, 0.2) is 0 Å². The molecule has 3 heterocycles. The Morgan fingerprint density at radius 1 is 1.04 bits per heavy atom. The highest BCUT2D eigenvalue weighted by molar-refractivity contribution is 5.73. The number of amides is 1. The quantitative estimate of drug-likeness (QED) is 0.340. The summed E-state index contributed by atoms with van der Waals surface area (Å²) in [6.45, 7) is 16.3. The van der Waals surface area contributed by atoms with Crippen LogP contribution >= 0.6 is 0 Å². The molecule has 0 radical (unpaired) electrons. The molecule has 13 atom stereocenters. The number of hydrogen-bond acceptors (Lipinski definition) is 9. The van der Waals surface area contributed by atoms with Crippen molar-refractivity contribution in [2.45, 2.75) is 153 Å². The van der Waals surface area contributed by atoms with Crippen molar-refractivity contribution in [1.82, 2.24) is 10.2 Å². The minimum Gasteiger partial charge on any atom is -0.388 e. The third-order valence-corrected chi connectivity index (χ3v) is 15.9. The molecule has 5 aliphatic carbocycles. The SMILES string of the molecule is CC(=O)NC(C1CCC2C(O1)C(O)C1(N)C3CCC4C(C)(C)C(OC5CN(C6COC6)CCO5)CCC45CC35CCC21C)C(C)(C)O. The number of nitrogens with zero attached hydrogens (tertiary/aromatic N) is 1. The zero-order chi connectivity index (χ0) is 33.4. The third kappa shape index (κ3) is 4.54. The Kier molecular flexibility index (Phi) is 7.67. The van der Waals surface area contributed by atoms with E-state index in [1.54, 1.807) is 13.8 Å². The van der Waals surface area contributed by atoms with E-state index in [0.717, 1.165) is 71.2 Å². The predicted molar refractivity (Wildman–Crippen MR) is 175 cm³/mol. The summed E-state index contributed by atoms with van der Waals surface area (Å²) >= 11 is 0. The van der Waals surface area contributed by atoms with Crippen LogP contribution in [0.4, 0.5) is 0 Å². The van der Waals surface area contributed by atoms with Gasteiger partial charge in [0.15, 0.2) is 6.29 Å². The number of aliphatic hydroxyl groups is 2. The van der Waals surface area contributed by atoms with E-state index in [9.17, 15) is 15.0 Å². The maximum Gasteiger partial charge on any atom is 0.217 e. The Bertz CT molecular complexity index is 1250. The smallest absolute Gasteiger partial charge is 0.217 e. The first-order chi connectivity index (χ1) is 22.1. The van der Waals surface area contributed by atoms with Gasteiger partial charge in [-0.1, -0.05) is 20.8 Å². The van der Waals surface area contributed by atoms with Crippen molar-refractivity contribution in [3.8, 4) is 0 Å². The zero-order valence-corrected chi connectivity index (χ0v) is 29.6. The van der Waals surface area contributed by atoms with Gasteiger partial charge in [0, 0.05) is 13.5 Å². The number of morpholine rings is 1. The first kappa shape index (κ1) is 33.3. The van der Waals surface area contributed by atoms with Crippen LogP contribution in [0, 0.1) is 39.4 Å². The summed E-state index contributed by atoms with van der Waals surface area (Å²) in [5.74, 6) is 0.777. The van der Waals surface area contributed by atoms with E-state index in [1.807, 2.05) is 0 Å². The van der Waals surface area contributed by atoms with Gasteiger partial charge in [-0.3, -0.25) is 9.69 Å². The molecule has 5 N–H and O–H groups in total. The van der Waals surface area contributed by atoms with Gasteiger partial charge in [0.25, 0.3) is 0 Å². The first-order valence-corrected chi connectivity index (χ1v) is 18.8. The summed E-state index contributed by atoms with van der Waals surface area (Å²) in [5, 5.41) is 26.3. The lowest BCUT2D eigenvalue weighted by Crippen LogP contribution is -2.70. The molecule has 3 saturated heterocycles. The van der Waals surface area contributed by atoms with Crippen LogP contribution in [0.5, 0.6) is 0 Å². The maximum absolute atomic E-state index is 12.4. The minimum atomic E-state index is -1.16. The van der Waals surface area contributed by atoms with Crippen molar-refractivity contribution in [3.05, 3.63) is 0 Å². The lowest BCUT2D eigenvalue weighted by molar-refractivity contribution is -0.254. The number of aliphatic hydroxyl groups excluding tert-OH is 1. The van der Waals surface area contributed by atoms with Gasteiger partial charge in [-0.15, -0.1) is 0 Å². The molecule has 0 bridgehead atoms. The van der Waals surface area contributed by atoms with E-state index in [-0.39, 0.29) is 57.9 Å². The van der Waals surface area contributed by atoms with E-state index in [0.29, 0.717) is 18.6 Å². The molecule has 3 aliphatic heterocycles. The summed E-state index contributed by atoms with van der Waals surface area (Å²) < 4.78 is 25.3. The standard InChI is InChI=1S/C37H61N3O7/c1-21(41)39-30(33(4,5)43)24-8-7-23-29(46-24)31(42)37(38)26-10-9-25-32(2,3)27(47-28-17-40(15-16-45-28)22-18-44-19-22)11-12-35(25)20-36(26,35)14-13-34(23,37)6/h22-31,42-43H,7-20,38H2,1-6H3,(H,39,41). The van der Waals surface area contributed by atoms with Gasteiger partial charge in [0.2, 0.25) is 5.91 Å². The Hall–Kier alpha value is -0.850. The van der Waals surface area contributed by atoms with Gasteiger partial charge in [-0.25, -0.2) is 0 Å². The molecule has 0 aromatic carbocycles. The molecule has 5 saturated carbocycles. The molecular formula is C37H61N3O7. The highest BCUT2D eigenvalue weighted by Crippen LogP contribution is 2.87. The van der Waals surface area contributed by atoms with Gasteiger partial charge in [0.05, 0.1) is 74.0 Å². The number of nitrogens with two attached hydrogens (primary N) is 1. The second-order valence-corrected chi connectivity index (χ2v) is 18.6. The van der Waals surface area contributed by atoms with Crippen LogP contribution in [0.1, 0.15) is 99.3 Å². The van der Waals surface area contributed by atoms with Crippen molar-refractivity contribution in [1.29, 1.82) is 0 Å². The van der Waals surface area contributed by atoms with Gasteiger partial charge in [-0.05, 0) is 111 Å². The van der Waals surface area contributed by atoms with Crippen molar-refractivity contribution >= 4 is 5.91 Å². The lowest BCUT2D eigenvalue weighted by atomic mass is 9.44. The van der Waals surface area contributed by atoms with Gasteiger partial charge in [0.1, 0.15) is 0 Å². The second-order valence-electron chi connectivity index (χ2n) is 18.6. The lowest BCUT2D eigenvalue weighted by Gasteiger charge is -2.63. The van der Waals surface area contributed by atoms with E-state index in [4.69, 9.17) is 24.7 Å². The van der Waals surface area contributed by atoms with Gasteiger partial charge in [-0.2, -0.15) is 0 Å². The molecule has 8 fully saturated rings. The Labute approximate surface area is 281 Å². The number of hydrogen-bond donors (Lipinski definition) is 4. The molecule has 1 amide bonds. The van der Waals surface area contributed by atoms with Crippen LogP contribution in [-0.2, 0) is 23.7 Å². The molecule has 0 aromatic heterocycles. The van der Waals surface area contributed by atoms with Crippen LogP contribution in [0.2, 0.25) is 0 Å². The van der Waals surface area contributed by atoms with Crippen LogP contribution < -0.4 is 11.1 Å². The molecule has 8 rings (SSSR count). The number of ether oxygens (including phenoxy) is 4. The molecule has 10 heteroatoms. The van der Waals surface area contributed by atoms with Crippen molar-refractivity contribution in [2.24, 2.45) is 45.1 Å². The summed E-state index contributed by atoms with van der Waals surface area (Å²) in [4.78, 5) is 14.6. The highest BCUT2D eigenvalue weighted by atomic mass is 16.7. The van der Waals surface area contributed by atoms with Crippen molar-refractivity contribution in [2.75, 3.05) is 32.9 Å². The average molecular weight is 660 g/mol. The summed E-state index contributed by atoms with van der Waals surface area (Å²) in [6.07, 6.45) is 7.77. The van der Waals surface area contributed by atoms with Crippen LogP contribution in [0.3, 0.4) is 0 Å². The second kappa shape index (κ2) is 10.8. The largest absolute Gasteiger partial charge is 0.388 e. The number of fused-ring (bicyclic) bond motifs is 4. The van der Waals surface area contributed by atoms with E-state index in [1.165, 1.54) is 19.8 Å². The molecular weight excluding hydrogens is 598 g/mol. The number of rotatable bonds is 6. The van der Waals surface area contributed by atoms with Gasteiger partial charge < -0.3 is 40.2 Å². The fourth-order valence-electron chi connectivity index (χ4n) is 13.5. The fourth-order valence-corrected chi connectivity index (χ4v) is 13.5. The monoisotopic (exact) mass is 659 g/mol. The molecule has 13 unspecified atom stereocenters. The summed E-state index contributed by atoms with van der Waals surface area (Å²) in [6, 6.07) is -0.0549. The normalized spacial score (nSPS) is 51.3. The van der Waals surface area contributed by atoms with E-state index >= 15 is 0 Å². The molecule has 47 heavy (non-hydrogen) atoms. The highest BCUT2D eigenvalue weighted by Gasteiger charge is 2.85. The molecule has 0 aromatic rings. The number of nitrogens with one attached hydrogen (secondary N) is 1. The van der Waals surface area contributed by atoms with Crippen LogP contribution in [-0.4, -0.2) is 108 Å². The van der Waals surface area contributed by atoms with Crippen molar-refractivity contribution < 1.29 is 34.0 Å². The van der Waals surface area contributed by atoms with Gasteiger partial charge >= 0.3 is 0 Å². The third-order valence-electron chi connectivity index (χ3n) is 15.9. The molecule has 8 aliphatic rings. The average Bonchev–Trinajstić information content (AvgIpc) is 3.61. The zero-order valence-electron chi connectivity index (χ0n) is 29.6. The maximum atomic E-state index is 12.4. The predicted octanol–water partition coefficient (Wildman–Crippen LogP) is 2.96. The summed E-state index contributed by atoms with van der Waals surface area (Å²) in [5.41, 5.74) is 6.07. The van der Waals surface area contributed by atoms with Crippen LogP contribution in [0.25, 0.3) is 0 Å². The fraction of sp³-hybridized carbons (Fsp3) is 0.973. The minimum absolute atomic E-state index is 0.0227. The Morgan fingerprint density at radius 2 is 1.77 bits per heavy atom. The topological polar surface area (TPSA) is 136 Å². The number of carbonyl (C=O) groups is 1. The number of carbonyl (C=O) groups excluding carboxylic acids is 1. The summed E-state index contributed by atoms with van der Waals surface area (Å²) in [7, 11) is 0. The molecule has 10 nitrogen and oxygen atoms in total. The first-order valence-electron chi connectivity index (χ1n) is 18.8. The Balaban J connectivity index is 1.01. The Morgan fingerprint density at radius 3 is 2.45 bits per heavy atom. The molecule has 266 valence electrons. The van der Waals surface area contributed by atoms with E-state index in [2.05, 4.69) is 31.0 Å². The van der Waals surface area contributed by atoms with Crippen molar-refractivity contribution in [3.63, 3.8) is 0 Å². The molecule has 2 spiro atoms. The van der Waals surface area contributed by atoms with E-state index < -0.39 is 29.4 Å².